The number of halogens is 3. The predicted molar refractivity (Wildman–Crippen MR) is 107 cm³/mol. The molecule has 1 aliphatic heterocycles. The molecule has 1 fully saturated rings. The predicted octanol–water partition coefficient (Wildman–Crippen LogP) is 4.83. The van der Waals surface area contributed by atoms with E-state index >= 15 is 0 Å². The molecule has 8 heteroatoms. The van der Waals surface area contributed by atoms with Gasteiger partial charge in [0, 0.05) is 29.8 Å². The van der Waals surface area contributed by atoms with Gasteiger partial charge in [0.2, 0.25) is 5.91 Å². The van der Waals surface area contributed by atoms with Crippen LogP contribution >= 0.6 is 11.6 Å². The Balaban J connectivity index is 1.76. The van der Waals surface area contributed by atoms with Gasteiger partial charge >= 0.3 is 6.61 Å². The van der Waals surface area contributed by atoms with Crippen molar-refractivity contribution >= 4 is 35.2 Å². The van der Waals surface area contributed by atoms with E-state index < -0.39 is 12.5 Å². The van der Waals surface area contributed by atoms with Crippen LogP contribution in [0.4, 0.5) is 14.5 Å². The fourth-order valence-electron chi connectivity index (χ4n) is 3.05. The summed E-state index contributed by atoms with van der Waals surface area (Å²) in [7, 11) is 0. The number of hydrogen-bond acceptors (Lipinski definition) is 3. The number of rotatable bonds is 6. The van der Waals surface area contributed by atoms with E-state index in [1.54, 1.807) is 35.2 Å². The number of anilines is 1. The van der Waals surface area contributed by atoms with Gasteiger partial charge in [-0.05, 0) is 43.2 Å². The van der Waals surface area contributed by atoms with Crippen molar-refractivity contribution < 1.29 is 23.1 Å². The van der Waals surface area contributed by atoms with Gasteiger partial charge < -0.3 is 15.0 Å². The lowest BCUT2D eigenvalue weighted by Gasteiger charge is -2.18. The molecule has 0 radical (unpaired) electrons. The molecule has 0 atom stereocenters. The molecule has 2 aromatic carbocycles. The van der Waals surface area contributed by atoms with Crippen LogP contribution in [0.1, 0.15) is 28.8 Å². The van der Waals surface area contributed by atoms with Crippen LogP contribution in [0.2, 0.25) is 5.02 Å². The number of hydrogen-bond donors (Lipinski definition) is 1. The number of ether oxygens (including phenoxy) is 1. The second-order valence-electron chi connectivity index (χ2n) is 6.43. The van der Waals surface area contributed by atoms with Crippen LogP contribution in [-0.2, 0) is 4.79 Å². The van der Waals surface area contributed by atoms with E-state index in [0.717, 1.165) is 12.8 Å². The number of benzene rings is 2. The highest BCUT2D eigenvalue weighted by Crippen LogP contribution is 2.25. The minimum Gasteiger partial charge on any atom is -0.434 e. The SMILES string of the molecule is O=C(/C=C/c1ccccc1OC(F)F)Nc1ccc(Cl)cc1C(=O)N1CCCC1. The molecule has 2 aromatic rings. The van der Waals surface area contributed by atoms with E-state index in [4.69, 9.17) is 11.6 Å². The highest BCUT2D eigenvalue weighted by atomic mass is 35.5. The topological polar surface area (TPSA) is 58.6 Å². The van der Waals surface area contributed by atoms with Crippen LogP contribution in [0.5, 0.6) is 5.75 Å². The largest absolute Gasteiger partial charge is 0.434 e. The third-order valence-corrected chi connectivity index (χ3v) is 4.65. The third kappa shape index (κ3) is 5.54. The van der Waals surface area contributed by atoms with E-state index in [1.807, 2.05) is 0 Å². The van der Waals surface area contributed by atoms with Crippen molar-refractivity contribution in [2.24, 2.45) is 0 Å². The van der Waals surface area contributed by atoms with Gasteiger partial charge in [-0.1, -0.05) is 29.8 Å². The standard InChI is InChI=1S/C21H19ClF2N2O3/c22-15-8-9-17(16(13-15)20(28)26-11-3-4-12-26)25-19(27)10-7-14-5-1-2-6-18(14)29-21(23)24/h1-2,5-10,13,21H,3-4,11-12H2,(H,25,27)/b10-7+. The number of amides is 2. The zero-order valence-electron chi connectivity index (χ0n) is 15.4. The first-order chi connectivity index (χ1) is 13.9. The van der Waals surface area contributed by atoms with Crippen LogP contribution in [0, 0.1) is 0 Å². The highest BCUT2D eigenvalue weighted by Gasteiger charge is 2.22. The summed E-state index contributed by atoms with van der Waals surface area (Å²) in [4.78, 5) is 26.8. The average Bonchev–Trinajstić information content (AvgIpc) is 3.22. The van der Waals surface area contributed by atoms with Gasteiger partial charge in [0.1, 0.15) is 5.75 Å². The Hall–Kier alpha value is -2.93. The van der Waals surface area contributed by atoms with Crippen molar-refractivity contribution in [3.05, 3.63) is 64.7 Å². The maximum Gasteiger partial charge on any atom is 0.387 e. The van der Waals surface area contributed by atoms with Gasteiger partial charge in [0.05, 0.1) is 11.3 Å². The molecular weight excluding hydrogens is 402 g/mol. The average molecular weight is 421 g/mol. The summed E-state index contributed by atoms with van der Waals surface area (Å²) < 4.78 is 29.4. The van der Waals surface area contributed by atoms with Crippen molar-refractivity contribution in [2.45, 2.75) is 19.5 Å². The van der Waals surface area contributed by atoms with Crippen molar-refractivity contribution in [3.8, 4) is 5.75 Å². The van der Waals surface area contributed by atoms with Gasteiger partial charge in [-0.25, -0.2) is 0 Å². The van der Waals surface area contributed by atoms with Crippen molar-refractivity contribution in [3.63, 3.8) is 0 Å². The summed E-state index contributed by atoms with van der Waals surface area (Å²) in [6.45, 7) is -1.63. The number of para-hydroxylation sites is 1. The summed E-state index contributed by atoms with van der Waals surface area (Å²) in [5.74, 6) is -0.752. The molecular formula is C21H19ClF2N2O3. The highest BCUT2D eigenvalue weighted by molar-refractivity contribution is 6.31. The Morgan fingerprint density at radius 3 is 2.59 bits per heavy atom. The first kappa shape index (κ1) is 20.8. The monoisotopic (exact) mass is 420 g/mol. The molecule has 152 valence electrons. The zero-order valence-corrected chi connectivity index (χ0v) is 16.2. The molecule has 0 aliphatic carbocycles. The van der Waals surface area contributed by atoms with Crippen molar-refractivity contribution in [1.82, 2.24) is 4.90 Å². The Bertz CT molecular complexity index is 928. The quantitative estimate of drug-likeness (QED) is 0.681. The lowest BCUT2D eigenvalue weighted by Crippen LogP contribution is -2.28. The number of likely N-dealkylation sites (tertiary alicyclic amines) is 1. The van der Waals surface area contributed by atoms with Crippen LogP contribution in [-0.4, -0.2) is 36.4 Å². The van der Waals surface area contributed by atoms with Gasteiger partial charge in [-0.3, -0.25) is 9.59 Å². The van der Waals surface area contributed by atoms with E-state index in [-0.39, 0.29) is 11.7 Å². The first-order valence-electron chi connectivity index (χ1n) is 9.06. The minimum absolute atomic E-state index is 0.0389. The molecule has 0 aromatic heterocycles. The molecule has 3 rings (SSSR count). The van der Waals surface area contributed by atoms with Gasteiger partial charge in [0.25, 0.3) is 5.91 Å². The number of nitrogens with one attached hydrogen (secondary N) is 1. The molecule has 29 heavy (non-hydrogen) atoms. The smallest absolute Gasteiger partial charge is 0.387 e. The lowest BCUT2D eigenvalue weighted by atomic mass is 10.1. The second kappa shape index (κ2) is 9.52. The Kier molecular flexibility index (Phi) is 6.82. The summed E-state index contributed by atoms with van der Waals surface area (Å²) in [6.07, 6.45) is 4.44. The Labute approximate surface area is 171 Å². The molecule has 1 heterocycles. The Morgan fingerprint density at radius 1 is 1.14 bits per heavy atom. The summed E-state index contributed by atoms with van der Waals surface area (Å²) in [5, 5.41) is 3.04. The molecule has 1 aliphatic rings. The Morgan fingerprint density at radius 2 is 1.86 bits per heavy atom. The number of carbonyl (C=O) groups is 2. The van der Waals surface area contributed by atoms with Gasteiger partial charge in [-0.2, -0.15) is 8.78 Å². The third-order valence-electron chi connectivity index (χ3n) is 4.41. The molecule has 1 N–H and O–H groups in total. The molecule has 0 unspecified atom stereocenters. The lowest BCUT2D eigenvalue weighted by molar-refractivity contribution is -0.111. The van der Waals surface area contributed by atoms with Crippen LogP contribution < -0.4 is 10.1 Å². The zero-order chi connectivity index (χ0) is 20.8. The number of nitrogens with zero attached hydrogens (tertiary/aromatic N) is 1. The van der Waals surface area contributed by atoms with E-state index in [9.17, 15) is 18.4 Å². The van der Waals surface area contributed by atoms with Crippen LogP contribution in [0.15, 0.2) is 48.5 Å². The normalized spacial score (nSPS) is 13.9. The fraction of sp³-hybridized carbons (Fsp3) is 0.238. The summed E-state index contributed by atoms with van der Waals surface area (Å²) in [5.41, 5.74) is 0.966. The maximum absolute atomic E-state index is 12.7. The summed E-state index contributed by atoms with van der Waals surface area (Å²) >= 11 is 6.03. The van der Waals surface area contributed by atoms with E-state index in [0.29, 0.717) is 34.9 Å². The molecule has 0 saturated carbocycles. The van der Waals surface area contributed by atoms with Crippen molar-refractivity contribution in [2.75, 3.05) is 18.4 Å². The van der Waals surface area contributed by atoms with Crippen LogP contribution in [0.3, 0.4) is 0 Å². The maximum atomic E-state index is 12.7. The van der Waals surface area contributed by atoms with Crippen molar-refractivity contribution in [1.29, 1.82) is 0 Å². The minimum atomic E-state index is -2.97. The first-order valence-corrected chi connectivity index (χ1v) is 9.43. The van der Waals surface area contributed by atoms with Crippen LogP contribution in [0.25, 0.3) is 6.08 Å². The van der Waals surface area contributed by atoms with Gasteiger partial charge in [0.15, 0.2) is 0 Å². The van der Waals surface area contributed by atoms with E-state index in [2.05, 4.69) is 10.1 Å². The molecule has 5 nitrogen and oxygen atoms in total. The second-order valence-corrected chi connectivity index (χ2v) is 6.86. The molecule has 0 spiro atoms. The summed E-state index contributed by atoms with van der Waals surface area (Å²) in [6, 6.07) is 10.8. The molecule has 0 bridgehead atoms. The van der Waals surface area contributed by atoms with Gasteiger partial charge in [-0.15, -0.1) is 0 Å². The number of alkyl halides is 2. The number of carbonyl (C=O) groups excluding carboxylic acids is 2. The fourth-order valence-corrected chi connectivity index (χ4v) is 3.23. The molecule has 1 saturated heterocycles. The van der Waals surface area contributed by atoms with E-state index in [1.165, 1.54) is 24.3 Å². The molecule has 2 amide bonds.